The van der Waals surface area contributed by atoms with Gasteiger partial charge in [0.1, 0.15) is 6.04 Å². The molecule has 122 valence electrons. The molecule has 1 saturated heterocycles. The second-order valence-electron chi connectivity index (χ2n) is 6.46. The van der Waals surface area contributed by atoms with Gasteiger partial charge in [-0.3, -0.25) is 9.69 Å². The van der Waals surface area contributed by atoms with Gasteiger partial charge in [0, 0.05) is 29.9 Å². The molecule has 2 aliphatic rings. The van der Waals surface area contributed by atoms with Gasteiger partial charge in [0.05, 0.1) is 13.2 Å². The Balaban J connectivity index is 1.56. The van der Waals surface area contributed by atoms with Crippen LogP contribution < -0.4 is 5.32 Å². The number of nitrogens with one attached hydrogen (secondary N) is 1. The maximum absolute atomic E-state index is 12.7. The van der Waals surface area contributed by atoms with Crippen LogP contribution >= 0.6 is 11.3 Å². The molecule has 4 nitrogen and oxygen atoms in total. The van der Waals surface area contributed by atoms with E-state index in [4.69, 9.17) is 4.74 Å². The molecule has 0 radical (unpaired) electrons. The third-order valence-corrected chi connectivity index (χ3v) is 5.64. The van der Waals surface area contributed by atoms with Crippen molar-refractivity contribution < 1.29 is 9.53 Å². The molecule has 1 aromatic heterocycles. The fraction of sp³-hybridized carbons (Fsp3) is 0.706. The van der Waals surface area contributed by atoms with Crippen LogP contribution in [0, 0.1) is 0 Å². The lowest BCUT2D eigenvalue weighted by atomic mass is 10.1. The summed E-state index contributed by atoms with van der Waals surface area (Å²) in [4.78, 5) is 16.4. The molecule has 1 saturated carbocycles. The third kappa shape index (κ3) is 3.89. The van der Waals surface area contributed by atoms with E-state index < -0.39 is 0 Å². The minimum Gasteiger partial charge on any atom is -0.378 e. The maximum Gasteiger partial charge on any atom is 0.239 e. The normalized spacial score (nSPS) is 25.2. The maximum atomic E-state index is 12.7. The van der Waals surface area contributed by atoms with E-state index >= 15 is 0 Å². The number of hydrogen-bond donors (Lipinski definition) is 1. The highest BCUT2D eigenvalue weighted by atomic mass is 32.1. The van der Waals surface area contributed by atoms with Crippen LogP contribution in [0.1, 0.15) is 37.5 Å². The molecule has 1 N–H and O–H groups in total. The molecule has 0 bridgehead atoms. The van der Waals surface area contributed by atoms with Crippen LogP contribution in [0.2, 0.25) is 0 Å². The standard InChI is InChI=1S/C17H26N2O2S/c1-13(11-15-7-4-10-22-15)18-17(20)16-12-21-9-8-19(16)14-5-2-3-6-14/h4,7,10,13-14,16H,2-3,5-6,8-9,11-12H2,1H3,(H,18,20). The summed E-state index contributed by atoms with van der Waals surface area (Å²) in [6.07, 6.45) is 5.96. The van der Waals surface area contributed by atoms with Gasteiger partial charge in [-0.1, -0.05) is 18.9 Å². The van der Waals surface area contributed by atoms with Gasteiger partial charge in [-0.15, -0.1) is 11.3 Å². The van der Waals surface area contributed by atoms with Crippen molar-refractivity contribution >= 4 is 17.2 Å². The summed E-state index contributed by atoms with van der Waals surface area (Å²) < 4.78 is 5.58. The Morgan fingerprint density at radius 1 is 1.50 bits per heavy atom. The summed E-state index contributed by atoms with van der Waals surface area (Å²) in [6, 6.07) is 4.82. The van der Waals surface area contributed by atoms with Crippen molar-refractivity contribution in [1.82, 2.24) is 10.2 Å². The van der Waals surface area contributed by atoms with E-state index in [0.29, 0.717) is 12.6 Å². The fourth-order valence-corrected chi connectivity index (χ4v) is 4.47. The predicted octanol–water partition coefficient (Wildman–Crippen LogP) is 2.44. The lowest BCUT2D eigenvalue weighted by Crippen LogP contribution is -2.57. The van der Waals surface area contributed by atoms with Crippen LogP contribution in [0.3, 0.4) is 0 Å². The smallest absolute Gasteiger partial charge is 0.239 e. The number of amides is 1. The molecule has 2 unspecified atom stereocenters. The zero-order valence-electron chi connectivity index (χ0n) is 13.3. The first-order valence-electron chi connectivity index (χ1n) is 8.40. The summed E-state index contributed by atoms with van der Waals surface area (Å²) in [6.45, 7) is 4.27. The van der Waals surface area contributed by atoms with Crippen molar-refractivity contribution in [2.24, 2.45) is 0 Å². The Labute approximate surface area is 136 Å². The summed E-state index contributed by atoms with van der Waals surface area (Å²) in [5, 5.41) is 5.27. The molecule has 1 aliphatic carbocycles. The molecule has 0 spiro atoms. The SMILES string of the molecule is CC(Cc1cccs1)NC(=O)C1COCCN1C1CCCC1. The van der Waals surface area contributed by atoms with E-state index in [1.807, 2.05) is 0 Å². The van der Waals surface area contributed by atoms with E-state index in [-0.39, 0.29) is 18.0 Å². The van der Waals surface area contributed by atoms with Crippen molar-refractivity contribution in [2.45, 2.75) is 57.2 Å². The number of ether oxygens (including phenoxy) is 1. The molecule has 3 rings (SSSR count). The van der Waals surface area contributed by atoms with Crippen LogP contribution in [-0.4, -0.2) is 48.7 Å². The largest absolute Gasteiger partial charge is 0.378 e. The summed E-state index contributed by atoms with van der Waals surface area (Å²) >= 11 is 1.75. The van der Waals surface area contributed by atoms with E-state index in [1.54, 1.807) is 11.3 Å². The predicted molar refractivity (Wildman–Crippen MR) is 89.2 cm³/mol. The average Bonchev–Trinajstić information content (AvgIpc) is 3.20. The van der Waals surface area contributed by atoms with Crippen LogP contribution in [0.4, 0.5) is 0 Å². The molecule has 1 aromatic rings. The molecule has 5 heteroatoms. The number of rotatable bonds is 5. The van der Waals surface area contributed by atoms with Gasteiger partial charge in [0.2, 0.25) is 5.91 Å². The highest BCUT2D eigenvalue weighted by Crippen LogP contribution is 2.26. The Bertz CT molecular complexity index is 471. The van der Waals surface area contributed by atoms with Crippen molar-refractivity contribution in [3.8, 4) is 0 Å². The van der Waals surface area contributed by atoms with E-state index in [1.165, 1.54) is 30.6 Å². The summed E-state index contributed by atoms with van der Waals surface area (Å²) in [5.41, 5.74) is 0. The molecule has 22 heavy (non-hydrogen) atoms. The van der Waals surface area contributed by atoms with Gasteiger partial charge in [0.25, 0.3) is 0 Å². The molecule has 0 aromatic carbocycles. The Morgan fingerprint density at radius 3 is 3.05 bits per heavy atom. The molecule has 1 amide bonds. The molecule has 2 fully saturated rings. The van der Waals surface area contributed by atoms with Crippen LogP contribution in [0.25, 0.3) is 0 Å². The summed E-state index contributed by atoms with van der Waals surface area (Å²) in [5.74, 6) is 0.135. The molecule has 2 atom stereocenters. The topological polar surface area (TPSA) is 41.6 Å². The second kappa shape index (κ2) is 7.57. The van der Waals surface area contributed by atoms with Gasteiger partial charge in [-0.25, -0.2) is 0 Å². The highest BCUT2D eigenvalue weighted by molar-refractivity contribution is 7.09. The highest BCUT2D eigenvalue weighted by Gasteiger charge is 2.35. The van der Waals surface area contributed by atoms with Gasteiger partial charge >= 0.3 is 0 Å². The fourth-order valence-electron chi connectivity index (χ4n) is 3.64. The second-order valence-corrected chi connectivity index (χ2v) is 7.49. The average molecular weight is 322 g/mol. The quantitative estimate of drug-likeness (QED) is 0.905. The van der Waals surface area contributed by atoms with E-state index in [2.05, 4.69) is 34.7 Å². The Kier molecular flexibility index (Phi) is 5.50. The van der Waals surface area contributed by atoms with Gasteiger partial charge in [-0.05, 0) is 31.2 Å². The van der Waals surface area contributed by atoms with Crippen molar-refractivity contribution in [3.63, 3.8) is 0 Å². The lowest BCUT2D eigenvalue weighted by molar-refractivity contribution is -0.135. The molecular weight excluding hydrogens is 296 g/mol. The van der Waals surface area contributed by atoms with Gasteiger partial charge in [0.15, 0.2) is 0 Å². The van der Waals surface area contributed by atoms with Crippen molar-refractivity contribution in [2.75, 3.05) is 19.8 Å². The van der Waals surface area contributed by atoms with E-state index in [9.17, 15) is 4.79 Å². The van der Waals surface area contributed by atoms with Crippen LogP contribution in [0.15, 0.2) is 17.5 Å². The Hall–Kier alpha value is -0.910. The van der Waals surface area contributed by atoms with Gasteiger partial charge in [-0.2, -0.15) is 0 Å². The monoisotopic (exact) mass is 322 g/mol. The van der Waals surface area contributed by atoms with Crippen LogP contribution in [-0.2, 0) is 16.0 Å². The first-order valence-corrected chi connectivity index (χ1v) is 9.28. The number of carbonyl (C=O) groups excluding carboxylic acids is 1. The number of morpholine rings is 1. The zero-order valence-corrected chi connectivity index (χ0v) is 14.1. The lowest BCUT2D eigenvalue weighted by Gasteiger charge is -2.39. The number of hydrogen-bond acceptors (Lipinski definition) is 4. The van der Waals surface area contributed by atoms with Crippen LogP contribution in [0.5, 0.6) is 0 Å². The van der Waals surface area contributed by atoms with Gasteiger partial charge < -0.3 is 10.1 Å². The number of thiophene rings is 1. The molecular formula is C17H26N2O2S. The number of nitrogens with zero attached hydrogens (tertiary/aromatic N) is 1. The van der Waals surface area contributed by atoms with Crippen molar-refractivity contribution in [3.05, 3.63) is 22.4 Å². The first kappa shape index (κ1) is 16.0. The summed E-state index contributed by atoms with van der Waals surface area (Å²) in [7, 11) is 0. The molecule has 2 heterocycles. The zero-order chi connectivity index (χ0) is 15.4. The third-order valence-electron chi connectivity index (χ3n) is 4.74. The minimum absolute atomic E-state index is 0.109. The molecule has 1 aliphatic heterocycles. The Morgan fingerprint density at radius 2 is 2.32 bits per heavy atom. The van der Waals surface area contributed by atoms with E-state index in [0.717, 1.165) is 19.6 Å². The number of carbonyl (C=O) groups is 1. The minimum atomic E-state index is -0.109. The first-order chi connectivity index (χ1) is 10.7. The van der Waals surface area contributed by atoms with Crippen molar-refractivity contribution in [1.29, 1.82) is 0 Å².